The molecule has 0 radical (unpaired) electrons. The van der Waals surface area contributed by atoms with Crippen LogP contribution in [-0.4, -0.2) is 79.8 Å². The van der Waals surface area contributed by atoms with Crippen LogP contribution in [0.25, 0.3) is 0 Å². The van der Waals surface area contributed by atoms with Gasteiger partial charge in [-0.2, -0.15) is 0 Å². The van der Waals surface area contributed by atoms with E-state index in [0.29, 0.717) is 18.7 Å². The van der Waals surface area contributed by atoms with Gasteiger partial charge in [0.25, 0.3) is 0 Å². The molecule has 0 atom stereocenters. The summed E-state index contributed by atoms with van der Waals surface area (Å²) in [6.07, 6.45) is 3.74. The van der Waals surface area contributed by atoms with Gasteiger partial charge < -0.3 is 14.4 Å². The fraction of sp³-hybridized carbons (Fsp3) is 0.583. The number of likely N-dealkylation sites (tertiary alicyclic amines) is 1. The number of thioether (sulfide) groups is 1. The number of carbonyl (C=O) groups excluding carboxylic acids is 2. The van der Waals surface area contributed by atoms with Crippen LogP contribution in [0.1, 0.15) is 44.0 Å². The van der Waals surface area contributed by atoms with Crippen molar-refractivity contribution in [2.45, 2.75) is 57.4 Å². The molecule has 178 valence electrons. The number of benzene rings is 1. The third-order valence-electron chi connectivity index (χ3n) is 6.41. The number of carbonyl (C=O) groups is 2. The molecule has 0 unspecified atom stereocenters. The predicted octanol–water partition coefficient (Wildman–Crippen LogP) is 2.64. The van der Waals surface area contributed by atoms with Crippen LogP contribution in [0.4, 0.5) is 0 Å². The predicted molar refractivity (Wildman–Crippen MR) is 129 cm³/mol. The van der Waals surface area contributed by atoms with Gasteiger partial charge in [0, 0.05) is 52.2 Å². The molecular weight excluding hydrogens is 436 g/mol. The zero-order valence-electron chi connectivity index (χ0n) is 19.5. The smallest absolute Gasteiger partial charge is 0.233 e. The SMILES string of the molecule is CCn1c(CN2CCCCCC2=O)nnc1SCC(=O)N1CCN(Cc2ccccc2)CC1. The van der Waals surface area contributed by atoms with Gasteiger partial charge in [-0.05, 0) is 25.3 Å². The van der Waals surface area contributed by atoms with Gasteiger partial charge in [0.05, 0.1) is 12.3 Å². The van der Waals surface area contributed by atoms with E-state index < -0.39 is 0 Å². The van der Waals surface area contributed by atoms with E-state index in [9.17, 15) is 9.59 Å². The van der Waals surface area contributed by atoms with Crippen molar-refractivity contribution in [3.8, 4) is 0 Å². The molecule has 1 aromatic carbocycles. The normalized spacial score (nSPS) is 17.9. The van der Waals surface area contributed by atoms with E-state index in [4.69, 9.17) is 0 Å². The molecule has 1 aromatic heterocycles. The maximum atomic E-state index is 12.8. The molecule has 0 saturated carbocycles. The van der Waals surface area contributed by atoms with Crippen LogP contribution < -0.4 is 0 Å². The molecule has 2 saturated heterocycles. The highest BCUT2D eigenvalue weighted by Gasteiger charge is 2.23. The van der Waals surface area contributed by atoms with Crippen molar-refractivity contribution >= 4 is 23.6 Å². The zero-order chi connectivity index (χ0) is 23.0. The van der Waals surface area contributed by atoms with Crippen molar-refractivity contribution in [3.05, 3.63) is 41.7 Å². The van der Waals surface area contributed by atoms with Gasteiger partial charge in [0.2, 0.25) is 11.8 Å². The standard InChI is InChI=1S/C24H34N6O2S/c1-2-30-21(18-29-12-8-4-7-11-22(29)31)25-26-24(30)33-19-23(32)28-15-13-27(14-16-28)17-20-9-5-3-6-10-20/h3,5-6,9-10H,2,4,7-8,11-19H2,1H3. The molecule has 8 nitrogen and oxygen atoms in total. The summed E-state index contributed by atoms with van der Waals surface area (Å²) in [7, 11) is 0. The maximum Gasteiger partial charge on any atom is 0.233 e. The maximum absolute atomic E-state index is 12.8. The Labute approximate surface area is 200 Å². The Hall–Kier alpha value is -2.39. The Balaban J connectivity index is 1.26. The monoisotopic (exact) mass is 470 g/mol. The fourth-order valence-electron chi connectivity index (χ4n) is 4.45. The van der Waals surface area contributed by atoms with Gasteiger partial charge in [-0.15, -0.1) is 10.2 Å². The molecule has 0 aliphatic carbocycles. The van der Waals surface area contributed by atoms with Gasteiger partial charge in [0.15, 0.2) is 11.0 Å². The Morgan fingerprint density at radius 2 is 1.76 bits per heavy atom. The lowest BCUT2D eigenvalue weighted by Crippen LogP contribution is -2.48. The Morgan fingerprint density at radius 1 is 0.970 bits per heavy atom. The first-order valence-corrected chi connectivity index (χ1v) is 13.0. The van der Waals surface area contributed by atoms with Crippen LogP contribution >= 0.6 is 11.8 Å². The average Bonchev–Trinajstić information content (AvgIpc) is 3.12. The highest BCUT2D eigenvalue weighted by atomic mass is 32.2. The topological polar surface area (TPSA) is 74.6 Å². The molecule has 3 heterocycles. The summed E-state index contributed by atoms with van der Waals surface area (Å²) >= 11 is 1.45. The summed E-state index contributed by atoms with van der Waals surface area (Å²) in [6, 6.07) is 10.5. The number of hydrogen-bond acceptors (Lipinski definition) is 6. The van der Waals surface area contributed by atoms with Gasteiger partial charge in [-0.3, -0.25) is 14.5 Å². The molecule has 0 N–H and O–H groups in total. The summed E-state index contributed by atoms with van der Waals surface area (Å²) < 4.78 is 2.04. The lowest BCUT2D eigenvalue weighted by molar-refractivity contribution is -0.131. The highest BCUT2D eigenvalue weighted by molar-refractivity contribution is 7.99. The molecule has 0 spiro atoms. The molecule has 2 aliphatic rings. The van der Waals surface area contributed by atoms with E-state index in [1.165, 1.54) is 17.3 Å². The first-order chi connectivity index (χ1) is 16.1. The van der Waals surface area contributed by atoms with Crippen molar-refractivity contribution < 1.29 is 9.59 Å². The number of piperazine rings is 1. The van der Waals surface area contributed by atoms with Crippen molar-refractivity contribution in [1.82, 2.24) is 29.5 Å². The van der Waals surface area contributed by atoms with E-state index in [1.54, 1.807) is 0 Å². The van der Waals surface area contributed by atoms with Gasteiger partial charge in [-0.25, -0.2) is 0 Å². The lowest BCUT2D eigenvalue weighted by atomic mass is 10.2. The minimum absolute atomic E-state index is 0.147. The van der Waals surface area contributed by atoms with Crippen molar-refractivity contribution in [1.29, 1.82) is 0 Å². The molecule has 2 fully saturated rings. The molecule has 9 heteroatoms. The third-order valence-corrected chi connectivity index (χ3v) is 7.36. The van der Waals surface area contributed by atoms with E-state index in [1.807, 2.05) is 20.4 Å². The van der Waals surface area contributed by atoms with Crippen molar-refractivity contribution in [2.24, 2.45) is 0 Å². The second-order valence-electron chi connectivity index (χ2n) is 8.70. The molecule has 2 amide bonds. The molecule has 2 aromatic rings. The summed E-state index contributed by atoms with van der Waals surface area (Å²) in [5.74, 6) is 1.51. The van der Waals surface area contributed by atoms with Crippen molar-refractivity contribution in [2.75, 3.05) is 38.5 Å². The summed E-state index contributed by atoms with van der Waals surface area (Å²) in [5.41, 5.74) is 1.31. The molecular formula is C24H34N6O2S. The van der Waals surface area contributed by atoms with Gasteiger partial charge >= 0.3 is 0 Å². The minimum Gasteiger partial charge on any atom is -0.339 e. The number of nitrogens with zero attached hydrogens (tertiary/aromatic N) is 6. The highest BCUT2D eigenvalue weighted by Crippen LogP contribution is 2.20. The van der Waals surface area contributed by atoms with Crippen LogP contribution in [0.5, 0.6) is 0 Å². The van der Waals surface area contributed by atoms with Crippen LogP contribution in [0, 0.1) is 0 Å². The van der Waals surface area contributed by atoms with Crippen LogP contribution in [0.15, 0.2) is 35.5 Å². The largest absolute Gasteiger partial charge is 0.339 e. The van der Waals surface area contributed by atoms with E-state index in [2.05, 4.69) is 46.3 Å². The fourth-order valence-corrected chi connectivity index (χ4v) is 5.38. The second kappa shape index (κ2) is 11.7. The molecule has 4 rings (SSSR count). The first-order valence-electron chi connectivity index (χ1n) is 12.0. The molecule has 33 heavy (non-hydrogen) atoms. The van der Waals surface area contributed by atoms with Crippen LogP contribution in [0.3, 0.4) is 0 Å². The summed E-state index contributed by atoms with van der Waals surface area (Å²) in [6.45, 7) is 8.29. The van der Waals surface area contributed by atoms with Crippen LogP contribution in [-0.2, 0) is 29.2 Å². The van der Waals surface area contributed by atoms with Gasteiger partial charge in [0.1, 0.15) is 0 Å². The number of aromatic nitrogens is 3. The number of rotatable bonds is 8. The average molecular weight is 471 g/mol. The summed E-state index contributed by atoms with van der Waals surface area (Å²) in [4.78, 5) is 31.4. The number of hydrogen-bond donors (Lipinski definition) is 0. The van der Waals surface area contributed by atoms with E-state index in [-0.39, 0.29) is 11.8 Å². The third kappa shape index (κ3) is 6.35. The minimum atomic E-state index is 0.147. The van der Waals surface area contributed by atoms with Crippen LogP contribution in [0.2, 0.25) is 0 Å². The molecule has 0 bridgehead atoms. The Morgan fingerprint density at radius 3 is 2.52 bits per heavy atom. The van der Waals surface area contributed by atoms with E-state index >= 15 is 0 Å². The first kappa shape index (κ1) is 23.8. The van der Waals surface area contributed by atoms with E-state index in [0.717, 1.165) is 76.1 Å². The quantitative estimate of drug-likeness (QED) is 0.552. The molecule has 2 aliphatic heterocycles. The van der Waals surface area contributed by atoms with Crippen molar-refractivity contribution in [3.63, 3.8) is 0 Å². The van der Waals surface area contributed by atoms with Gasteiger partial charge in [-0.1, -0.05) is 48.5 Å². The zero-order valence-corrected chi connectivity index (χ0v) is 20.3. The number of amides is 2. The lowest BCUT2D eigenvalue weighted by Gasteiger charge is -2.34. The summed E-state index contributed by atoms with van der Waals surface area (Å²) in [5, 5.41) is 9.44. The second-order valence-corrected chi connectivity index (χ2v) is 9.64. The Bertz CT molecular complexity index is 926. The Kier molecular flexibility index (Phi) is 8.39.